The third-order valence-corrected chi connectivity index (χ3v) is 3.63. The van der Waals surface area contributed by atoms with E-state index >= 15 is 0 Å². The molecule has 0 aromatic carbocycles. The summed E-state index contributed by atoms with van der Waals surface area (Å²) in [6, 6.07) is 0. The van der Waals surface area contributed by atoms with Crippen molar-refractivity contribution in [1.82, 2.24) is 0 Å². The highest BCUT2D eigenvalue weighted by Gasteiger charge is 2.16. The maximum atomic E-state index is 11.9. The largest absolute Gasteiger partial charge is 0.463 e. The zero-order chi connectivity index (χ0) is 18.8. The van der Waals surface area contributed by atoms with Gasteiger partial charge < -0.3 is 23.7 Å². The summed E-state index contributed by atoms with van der Waals surface area (Å²) >= 11 is 0. The first kappa shape index (κ1) is 24.3. The quantitative estimate of drug-likeness (QED) is 0.276. The Bertz CT molecular complexity index is 296. The fraction of sp³-hybridized carbons (Fsp3) is 0.947. The minimum atomic E-state index is -0.102. The molecule has 0 heterocycles. The molecule has 0 radical (unpaired) electrons. The molecule has 6 nitrogen and oxygen atoms in total. The average molecular weight is 363 g/mol. The van der Waals surface area contributed by atoms with Crippen LogP contribution in [0, 0.1) is 5.92 Å². The molecular formula is C19H38O6. The fourth-order valence-electron chi connectivity index (χ4n) is 2.14. The Morgan fingerprint density at radius 3 is 1.80 bits per heavy atom. The van der Waals surface area contributed by atoms with Crippen LogP contribution in [0.4, 0.5) is 0 Å². The summed E-state index contributed by atoms with van der Waals surface area (Å²) in [6.07, 6.45) is 4.14. The second kappa shape index (κ2) is 18.1. The van der Waals surface area contributed by atoms with Gasteiger partial charge in [0.05, 0.1) is 58.3 Å². The molecule has 0 aromatic rings. The van der Waals surface area contributed by atoms with E-state index in [1.165, 1.54) is 0 Å². The number of carbonyl (C=O) groups excluding carboxylic acids is 1. The molecule has 0 amide bonds. The highest BCUT2D eigenvalue weighted by Crippen LogP contribution is 2.14. The Hall–Kier alpha value is -0.690. The zero-order valence-corrected chi connectivity index (χ0v) is 16.6. The number of carbonyl (C=O) groups is 1. The molecule has 1 unspecified atom stereocenters. The Labute approximate surface area is 153 Å². The number of unbranched alkanes of at least 4 members (excludes halogenated alkanes) is 1. The van der Waals surface area contributed by atoms with Gasteiger partial charge in [-0.05, 0) is 26.7 Å². The van der Waals surface area contributed by atoms with E-state index in [-0.39, 0.29) is 18.0 Å². The molecule has 0 aliphatic carbocycles. The highest BCUT2D eigenvalue weighted by molar-refractivity contribution is 5.72. The van der Waals surface area contributed by atoms with Crippen LogP contribution in [0.15, 0.2) is 0 Å². The number of ether oxygens (including phenoxy) is 5. The van der Waals surface area contributed by atoms with Crippen molar-refractivity contribution in [2.45, 2.75) is 59.5 Å². The fourth-order valence-corrected chi connectivity index (χ4v) is 2.14. The molecule has 0 N–H and O–H groups in total. The monoisotopic (exact) mass is 362 g/mol. The Balaban J connectivity index is 3.31. The van der Waals surface area contributed by atoms with E-state index in [0.29, 0.717) is 52.9 Å². The van der Waals surface area contributed by atoms with Gasteiger partial charge in [0.15, 0.2) is 0 Å². The number of hydrogen-bond acceptors (Lipinski definition) is 6. The van der Waals surface area contributed by atoms with Crippen molar-refractivity contribution >= 4 is 5.97 Å². The van der Waals surface area contributed by atoms with Crippen molar-refractivity contribution in [3.63, 3.8) is 0 Å². The van der Waals surface area contributed by atoms with Crippen LogP contribution < -0.4 is 0 Å². The minimum Gasteiger partial charge on any atom is -0.463 e. The van der Waals surface area contributed by atoms with Crippen molar-refractivity contribution in [2.24, 2.45) is 5.92 Å². The molecule has 150 valence electrons. The van der Waals surface area contributed by atoms with Gasteiger partial charge in [-0.3, -0.25) is 4.79 Å². The van der Waals surface area contributed by atoms with E-state index in [9.17, 15) is 4.79 Å². The molecule has 1 atom stereocenters. The number of rotatable bonds is 18. The van der Waals surface area contributed by atoms with Gasteiger partial charge in [-0.25, -0.2) is 0 Å². The summed E-state index contributed by atoms with van der Waals surface area (Å²) in [7, 11) is 0. The standard InChI is InChI=1S/C19H38O6/c1-5-7-8-18(6-2)19(20)25-16-14-23-12-10-21-9-11-22-13-15-24-17(3)4/h17-18H,5-16H2,1-4H3. The topological polar surface area (TPSA) is 63.2 Å². The summed E-state index contributed by atoms with van der Waals surface area (Å²) in [4.78, 5) is 11.9. The van der Waals surface area contributed by atoms with Gasteiger partial charge >= 0.3 is 5.97 Å². The first-order valence-corrected chi connectivity index (χ1v) is 9.63. The van der Waals surface area contributed by atoms with Crippen molar-refractivity contribution in [1.29, 1.82) is 0 Å². The van der Waals surface area contributed by atoms with Crippen LogP contribution in [0.2, 0.25) is 0 Å². The summed E-state index contributed by atoms with van der Waals surface area (Å²) in [5, 5.41) is 0. The van der Waals surface area contributed by atoms with Crippen LogP contribution in [-0.4, -0.2) is 64.9 Å². The minimum absolute atomic E-state index is 0.0224. The molecule has 6 heteroatoms. The van der Waals surface area contributed by atoms with Crippen LogP contribution in [0.1, 0.15) is 53.4 Å². The molecular weight excluding hydrogens is 324 g/mol. The highest BCUT2D eigenvalue weighted by atomic mass is 16.6. The third-order valence-electron chi connectivity index (χ3n) is 3.63. The van der Waals surface area contributed by atoms with Crippen LogP contribution in [0.25, 0.3) is 0 Å². The van der Waals surface area contributed by atoms with Crippen LogP contribution in [0.3, 0.4) is 0 Å². The van der Waals surface area contributed by atoms with E-state index in [0.717, 1.165) is 25.7 Å². The maximum Gasteiger partial charge on any atom is 0.308 e. The lowest BCUT2D eigenvalue weighted by Crippen LogP contribution is -2.20. The number of esters is 1. The van der Waals surface area contributed by atoms with Gasteiger partial charge in [0.1, 0.15) is 6.61 Å². The molecule has 0 rings (SSSR count). The van der Waals surface area contributed by atoms with Crippen molar-refractivity contribution in [3.8, 4) is 0 Å². The van der Waals surface area contributed by atoms with E-state index < -0.39 is 0 Å². The molecule has 25 heavy (non-hydrogen) atoms. The normalized spacial score (nSPS) is 12.5. The Kier molecular flexibility index (Phi) is 17.6. The second-order valence-corrected chi connectivity index (χ2v) is 6.17. The average Bonchev–Trinajstić information content (AvgIpc) is 2.59. The maximum absolute atomic E-state index is 11.9. The Morgan fingerprint density at radius 1 is 0.800 bits per heavy atom. The van der Waals surface area contributed by atoms with Gasteiger partial charge in [-0.1, -0.05) is 26.7 Å². The van der Waals surface area contributed by atoms with E-state index in [1.807, 2.05) is 20.8 Å². The van der Waals surface area contributed by atoms with Gasteiger partial charge in [-0.15, -0.1) is 0 Å². The smallest absolute Gasteiger partial charge is 0.308 e. The number of hydrogen-bond donors (Lipinski definition) is 0. The summed E-state index contributed by atoms with van der Waals surface area (Å²) in [6.45, 7) is 12.1. The van der Waals surface area contributed by atoms with Crippen LogP contribution in [0.5, 0.6) is 0 Å². The molecule has 0 aliphatic rings. The molecule has 0 fully saturated rings. The zero-order valence-electron chi connectivity index (χ0n) is 16.6. The molecule has 0 bridgehead atoms. The van der Waals surface area contributed by atoms with Gasteiger partial charge in [0.25, 0.3) is 0 Å². The van der Waals surface area contributed by atoms with Crippen LogP contribution >= 0.6 is 0 Å². The first-order chi connectivity index (χ1) is 12.1. The molecule has 0 spiro atoms. The lowest BCUT2D eigenvalue weighted by atomic mass is 10.00. The van der Waals surface area contributed by atoms with Gasteiger partial charge in [-0.2, -0.15) is 0 Å². The van der Waals surface area contributed by atoms with Crippen molar-refractivity contribution in [3.05, 3.63) is 0 Å². The lowest BCUT2D eigenvalue weighted by Gasteiger charge is -2.13. The van der Waals surface area contributed by atoms with E-state index in [2.05, 4.69) is 6.92 Å². The first-order valence-electron chi connectivity index (χ1n) is 9.63. The Morgan fingerprint density at radius 2 is 1.32 bits per heavy atom. The SMILES string of the molecule is CCCCC(CC)C(=O)OCCOCCOCCOCCOC(C)C. The summed E-state index contributed by atoms with van der Waals surface area (Å²) in [5.41, 5.74) is 0. The summed E-state index contributed by atoms with van der Waals surface area (Å²) < 4.78 is 26.8. The van der Waals surface area contributed by atoms with E-state index in [1.54, 1.807) is 0 Å². The van der Waals surface area contributed by atoms with E-state index in [4.69, 9.17) is 23.7 Å². The van der Waals surface area contributed by atoms with Gasteiger partial charge in [0.2, 0.25) is 0 Å². The predicted octanol–water partition coefficient (Wildman–Crippen LogP) is 3.22. The molecule has 0 saturated heterocycles. The van der Waals surface area contributed by atoms with Crippen molar-refractivity contribution < 1.29 is 28.5 Å². The van der Waals surface area contributed by atoms with Crippen molar-refractivity contribution in [2.75, 3.05) is 52.9 Å². The third kappa shape index (κ3) is 16.5. The molecule has 0 aliphatic heterocycles. The summed E-state index contributed by atoms with van der Waals surface area (Å²) in [5.74, 6) is -0.0800. The van der Waals surface area contributed by atoms with Gasteiger partial charge in [0, 0.05) is 0 Å². The predicted molar refractivity (Wildman–Crippen MR) is 97.8 cm³/mol. The lowest BCUT2D eigenvalue weighted by molar-refractivity contribution is -0.150. The van der Waals surface area contributed by atoms with Crippen LogP contribution in [-0.2, 0) is 28.5 Å². The molecule has 0 aromatic heterocycles. The molecule has 0 saturated carbocycles. The second-order valence-electron chi connectivity index (χ2n) is 6.17.